The lowest BCUT2D eigenvalue weighted by Crippen LogP contribution is -2.33. The summed E-state index contributed by atoms with van der Waals surface area (Å²) >= 11 is 0. The summed E-state index contributed by atoms with van der Waals surface area (Å²) in [6.45, 7) is 6.51. The molecule has 0 unspecified atom stereocenters. The average molecular weight is 306 g/mol. The smallest absolute Gasteiger partial charge is 0.226 e. The van der Waals surface area contributed by atoms with E-state index in [1.54, 1.807) is 0 Å². The Morgan fingerprint density at radius 3 is 3.00 bits per heavy atom. The molecule has 0 aromatic carbocycles. The van der Waals surface area contributed by atoms with Crippen molar-refractivity contribution in [3.8, 4) is 0 Å². The van der Waals surface area contributed by atoms with Crippen LogP contribution >= 0.6 is 0 Å². The number of rotatable bonds is 6. The first-order valence-electron chi connectivity index (χ1n) is 8.37. The van der Waals surface area contributed by atoms with E-state index in [0.717, 1.165) is 37.4 Å². The lowest BCUT2D eigenvalue weighted by Gasteiger charge is -2.25. The molecule has 1 aliphatic heterocycles. The van der Waals surface area contributed by atoms with Gasteiger partial charge in [0.1, 0.15) is 5.82 Å². The van der Waals surface area contributed by atoms with Crippen LogP contribution < -0.4 is 5.32 Å². The second-order valence-electron chi connectivity index (χ2n) is 6.47. The molecule has 3 rings (SSSR count). The minimum Gasteiger partial charge on any atom is -0.311 e. The van der Waals surface area contributed by atoms with Crippen LogP contribution in [0.5, 0.6) is 0 Å². The third-order valence-corrected chi connectivity index (χ3v) is 4.59. The average Bonchev–Trinajstić information content (AvgIpc) is 3.32. The van der Waals surface area contributed by atoms with Crippen molar-refractivity contribution >= 4 is 11.7 Å². The zero-order valence-electron chi connectivity index (χ0n) is 13.5. The Balaban J connectivity index is 1.55. The summed E-state index contributed by atoms with van der Waals surface area (Å²) in [5.74, 6) is 1.59. The Bertz CT molecular complexity index is 518. The van der Waals surface area contributed by atoms with Crippen LogP contribution in [0.25, 0.3) is 0 Å². The number of amides is 1. The summed E-state index contributed by atoms with van der Waals surface area (Å²) in [7, 11) is 0. The normalized spacial score (nSPS) is 20.8. The maximum atomic E-state index is 12.2. The number of carbonyl (C=O) groups excluding carboxylic acids is 1. The molecule has 1 aliphatic carbocycles. The van der Waals surface area contributed by atoms with Gasteiger partial charge in [0.25, 0.3) is 0 Å². The quantitative estimate of drug-likeness (QED) is 0.877. The Morgan fingerprint density at radius 2 is 2.32 bits per heavy atom. The zero-order chi connectivity index (χ0) is 15.5. The first kappa shape index (κ1) is 15.5. The fourth-order valence-electron chi connectivity index (χ4n) is 2.94. The first-order chi connectivity index (χ1) is 10.6. The molecular weight excluding hydrogens is 280 g/mol. The highest BCUT2D eigenvalue weighted by atomic mass is 16.7. The number of hydroxylamine groups is 2. The summed E-state index contributed by atoms with van der Waals surface area (Å²) in [6.07, 6.45) is 7.07. The Hall–Kier alpha value is -1.40. The Labute approximate surface area is 131 Å². The molecule has 0 bridgehead atoms. The second kappa shape index (κ2) is 6.79. The molecular formula is C16H26N4O2. The van der Waals surface area contributed by atoms with Gasteiger partial charge in [0.05, 0.1) is 18.8 Å². The topological polar surface area (TPSA) is 59.4 Å². The highest BCUT2D eigenvalue weighted by Gasteiger charge is 2.31. The number of aryl methyl sites for hydroxylation is 1. The highest BCUT2D eigenvalue weighted by molar-refractivity contribution is 5.90. The largest absolute Gasteiger partial charge is 0.311 e. The second-order valence-corrected chi connectivity index (χ2v) is 6.47. The van der Waals surface area contributed by atoms with Gasteiger partial charge in [-0.3, -0.25) is 9.63 Å². The Morgan fingerprint density at radius 1 is 1.50 bits per heavy atom. The fraction of sp³-hybridized carbons (Fsp3) is 0.750. The lowest BCUT2D eigenvalue weighted by molar-refractivity contribution is -0.181. The molecule has 2 heterocycles. The lowest BCUT2D eigenvalue weighted by atomic mass is 10.2. The molecule has 1 aromatic rings. The molecule has 1 saturated carbocycles. The van der Waals surface area contributed by atoms with Crippen LogP contribution in [0.15, 0.2) is 6.20 Å². The van der Waals surface area contributed by atoms with Crippen LogP contribution in [0.1, 0.15) is 50.6 Å². The van der Waals surface area contributed by atoms with Crippen LogP contribution in [0.4, 0.5) is 5.82 Å². The van der Waals surface area contributed by atoms with Crippen molar-refractivity contribution in [1.29, 1.82) is 0 Å². The van der Waals surface area contributed by atoms with Crippen LogP contribution in [0.3, 0.4) is 0 Å². The fourth-order valence-corrected chi connectivity index (χ4v) is 2.94. The minimum absolute atomic E-state index is 0.0296. The van der Waals surface area contributed by atoms with E-state index < -0.39 is 0 Å². The van der Waals surface area contributed by atoms with Gasteiger partial charge in [0.2, 0.25) is 5.91 Å². The van der Waals surface area contributed by atoms with Crippen molar-refractivity contribution in [3.05, 3.63) is 11.8 Å². The van der Waals surface area contributed by atoms with Crippen LogP contribution in [0, 0.1) is 12.8 Å². The molecule has 0 spiro atoms. The molecule has 2 fully saturated rings. The van der Waals surface area contributed by atoms with E-state index in [-0.39, 0.29) is 5.91 Å². The van der Waals surface area contributed by atoms with Crippen molar-refractivity contribution in [2.75, 3.05) is 25.0 Å². The number of carbonyl (C=O) groups is 1. The van der Waals surface area contributed by atoms with Gasteiger partial charge in [-0.15, -0.1) is 0 Å². The van der Waals surface area contributed by atoms with E-state index in [1.165, 1.54) is 12.8 Å². The molecule has 2 aliphatic rings. The van der Waals surface area contributed by atoms with E-state index >= 15 is 0 Å². The van der Waals surface area contributed by atoms with Gasteiger partial charge in [-0.1, -0.05) is 0 Å². The van der Waals surface area contributed by atoms with Gasteiger partial charge in [0.15, 0.2) is 0 Å². The van der Waals surface area contributed by atoms with Crippen LogP contribution in [-0.4, -0.2) is 40.4 Å². The van der Waals surface area contributed by atoms with Gasteiger partial charge >= 0.3 is 0 Å². The van der Waals surface area contributed by atoms with Crippen LogP contribution in [0.2, 0.25) is 0 Å². The van der Waals surface area contributed by atoms with Crippen molar-refractivity contribution in [2.24, 2.45) is 5.92 Å². The SMILES string of the molecule is Cc1cnn([C@H](C)C2CC2)c1NC(=O)CCN1CCCCO1. The number of nitrogens with one attached hydrogen (secondary N) is 1. The molecule has 1 aromatic heterocycles. The van der Waals surface area contributed by atoms with Gasteiger partial charge in [-0.25, -0.2) is 4.68 Å². The number of anilines is 1. The molecule has 22 heavy (non-hydrogen) atoms. The summed E-state index contributed by atoms with van der Waals surface area (Å²) in [6, 6.07) is 0.356. The van der Waals surface area contributed by atoms with E-state index in [0.29, 0.717) is 24.9 Å². The number of hydrogen-bond acceptors (Lipinski definition) is 4. The molecule has 1 amide bonds. The third kappa shape index (κ3) is 3.67. The third-order valence-electron chi connectivity index (χ3n) is 4.59. The standard InChI is InChI=1S/C16H26N4O2/c1-12-11-17-20(13(2)14-5-6-14)16(12)18-15(21)7-9-19-8-3-4-10-22-19/h11,13-14H,3-10H2,1-2H3,(H,18,21)/t13-/m1/s1. The molecule has 122 valence electrons. The monoisotopic (exact) mass is 306 g/mol. The van der Waals surface area contributed by atoms with Crippen molar-refractivity contribution in [3.63, 3.8) is 0 Å². The number of aromatic nitrogens is 2. The zero-order valence-corrected chi connectivity index (χ0v) is 13.5. The number of hydrogen-bond donors (Lipinski definition) is 1. The van der Waals surface area contributed by atoms with Gasteiger partial charge in [0, 0.05) is 25.1 Å². The molecule has 1 saturated heterocycles. The highest BCUT2D eigenvalue weighted by Crippen LogP contribution is 2.40. The van der Waals surface area contributed by atoms with Gasteiger partial charge in [-0.2, -0.15) is 10.2 Å². The molecule has 1 atom stereocenters. The predicted molar refractivity (Wildman–Crippen MR) is 84.4 cm³/mol. The van der Waals surface area contributed by atoms with Crippen molar-refractivity contribution < 1.29 is 9.63 Å². The van der Waals surface area contributed by atoms with Gasteiger partial charge < -0.3 is 5.32 Å². The van der Waals surface area contributed by atoms with E-state index in [4.69, 9.17) is 4.84 Å². The Kier molecular flexibility index (Phi) is 4.78. The maximum absolute atomic E-state index is 12.2. The summed E-state index contributed by atoms with van der Waals surface area (Å²) in [5.41, 5.74) is 1.02. The maximum Gasteiger partial charge on any atom is 0.226 e. The molecule has 6 nitrogen and oxygen atoms in total. The summed E-state index contributed by atoms with van der Waals surface area (Å²) < 4.78 is 1.97. The summed E-state index contributed by atoms with van der Waals surface area (Å²) in [4.78, 5) is 17.8. The molecule has 6 heteroatoms. The van der Waals surface area contributed by atoms with Crippen molar-refractivity contribution in [2.45, 2.75) is 52.0 Å². The van der Waals surface area contributed by atoms with Gasteiger partial charge in [-0.05, 0) is 45.4 Å². The predicted octanol–water partition coefficient (Wildman–Crippen LogP) is 2.52. The van der Waals surface area contributed by atoms with E-state index in [2.05, 4.69) is 17.3 Å². The number of nitrogens with zero attached hydrogens (tertiary/aromatic N) is 3. The van der Waals surface area contributed by atoms with E-state index in [9.17, 15) is 4.79 Å². The minimum atomic E-state index is 0.0296. The van der Waals surface area contributed by atoms with Crippen molar-refractivity contribution in [1.82, 2.24) is 14.8 Å². The van der Waals surface area contributed by atoms with E-state index in [1.807, 2.05) is 22.9 Å². The first-order valence-corrected chi connectivity index (χ1v) is 8.37. The molecule has 1 N–H and O–H groups in total. The summed E-state index contributed by atoms with van der Waals surface area (Å²) in [5, 5.41) is 9.39. The van der Waals surface area contributed by atoms with Crippen LogP contribution in [-0.2, 0) is 9.63 Å². The molecule has 0 radical (unpaired) electrons.